The van der Waals surface area contributed by atoms with Crippen molar-refractivity contribution in [3.63, 3.8) is 0 Å². The van der Waals surface area contributed by atoms with E-state index in [1.165, 1.54) is 4.68 Å². The number of hydrazone groups is 1. The van der Waals surface area contributed by atoms with Crippen LogP contribution in [0.15, 0.2) is 21.7 Å². The predicted molar refractivity (Wildman–Crippen MR) is 64.2 cm³/mol. The molecule has 0 bridgehead atoms. The van der Waals surface area contributed by atoms with E-state index in [1.54, 1.807) is 13.1 Å². The first kappa shape index (κ1) is 13.0. The Kier molecular flexibility index (Phi) is 2.72. The highest BCUT2D eigenvalue weighted by Gasteiger charge is 2.44. The van der Waals surface area contributed by atoms with Crippen LogP contribution in [-0.2, 0) is 0 Å². The zero-order valence-electron chi connectivity index (χ0n) is 10.7. The fourth-order valence-electron chi connectivity index (χ4n) is 1.78. The van der Waals surface area contributed by atoms with Gasteiger partial charge in [0.15, 0.2) is 0 Å². The second-order valence-electron chi connectivity index (χ2n) is 5.52. The fraction of sp³-hybridized carbons (Fsp3) is 0.583. The molecule has 18 heavy (non-hydrogen) atoms. The van der Waals surface area contributed by atoms with Gasteiger partial charge in [-0.25, -0.2) is 4.99 Å². The minimum absolute atomic E-state index is 0.203. The zero-order valence-corrected chi connectivity index (χ0v) is 10.7. The third-order valence-corrected chi connectivity index (χ3v) is 2.82. The van der Waals surface area contributed by atoms with Gasteiger partial charge in [0, 0.05) is 16.1 Å². The van der Waals surface area contributed by atoms with E-state index in [0.29, 0.717) is 5.57 Å². The molecule has 0 saturated carbocycles. The predicted octanol–water partition coefficient (Wildman–Crippen LogP) is 2.77. The lowest BCUT2D eigenvalue weighted by molar-refractivity contribution is -0.553. The van der Waals surface area contributed by atoms with Crippen LogP contribution in [0.2, 0.25) is 0 Å². The molecule has 3 nitrogen and oxygen atoms in total. The Bertz CT molecular complexity index is 502. The van der Waals surface area contributed by atoms with Gasteiger partial charge in [-0.05, 0) is 13.0 Å². The third-order valence-electron chi connectivity index (χ3n) is 2.82. The first-order chi connectivity index (χ1) is 8.09. The van der Waals surface area contributed by atoms with E-state index >= 15 is 0 Å². The van der Waals surface area contributed by atoms with Gasteiger partial charge in [-0.15, -0.1) is 0 Å². The molecule has 1 atom stereocenters. The number of nitrogens with zero attached hydrogens (tertiary/aromatic N) is 3. The maximum absolute atomic E-state index is 12.6. The van der Waals surface area contributed by atoms with Crippen molar-refractivity contribution in [3.05, 3.63) is 11.6 Å². The minimum Gasteiger partial charge on any atom is -0.209 e. The molecule has 2 aliphatic rings. The maximum Gasteiger partial charge on any atom is 0.439 e. The van der Waals surface area contributed by atoms with Gasteiger partial charge < -0.3 is 0 Å². The van der Waals surface area contributed by atoms with Crippen LogP contribution in [0.25, 0.3) is 0 Å². The average Bonchev–Trinajstić information content (AvgIpc) is 2.59. The largest absolute Gasteiger partial charge is 0.439 e. The number of rotatable bonds is 0. The van der Waals surface area contributed by atoms with Gasteiger partial charge >= 0.3 is 6.18 Å². The number of hydrogen-bond donors (Lipinski definition) is 0. The van der Waals surface area contributed by atoms with Crippen molar-refractivity contribution in [1.29, 1.82) is 0 Å². The maximum atomic E-state index is 12.6. The summed E-state index contributed by atoms with van der Waals surface area (Å²) in [4.78, 5) is 4.42. The number of hydrogen-bond acceptors (Lipinski definition) is 2. The van der Waals surface area contributed by atoms with Gasteiger partial charge in [-0.3, -0.25) is 0 Å². The van der Waals surface area contributed by atoms with Crippen LogP contribution >= 0.6 is 0 Å². The molecule has 2 rings (SSSR count). The van der Waals surface area contributed by atoms with Gasteiger partial charge in [0.1, 0.15) is 5.71 Å². The van der Waals surface area contributed by atoms with Crippen LogP contribution < -0.4 is 0 Å². The van der Waals surface area contributed by atoms with E-state index in [2.05, 4.69) is 10.1 Å². The van der Waals surface area contributed by atoms with Crippen LogP contribution in [0.3, 0.4) is 0 Å². The summed E-state index contributed by atoms with van der Waals surface area (Å²) in [6.07, 6.45) is -2.20. The van der Waals surface area contributed by atoms with E-state index in [9.17, 15) is 13.2 Å². The molecule has 0 spiro atoms. The van der Waals surface area contributed by atoms with Crippen molar-refractivity contribution in [2.75, 3.05) is 0 Å². The molecule has 2 heterocycles. The lowest BCUT2D eigenvalue weighted by Crippen LogP contribution is -2.31. The highest BCUT2D eigenvalue weighted by Crippen LogP contribution is 2.28. The first-order valence-corrected chi connectivity index (χ1v) is 5.64. The summed E-state index contributed by atoms with van der Waals surface area (Å²) in [6, 6.07) is 0. The lowest BCUT2D eigenvalue weighted by atomic mass is 9.91. The number of halogens is 3. The highest BCUT2D eigenvalue weighted by molar-refractivity contribution is 6.31. The molecular formula is C12H15F3N3+. The van der Waals surface area contributed by atoms with Crippen molar-refractivity contribution in [3.8, 4) is 0 Å². The SMILES string of the molecule is CC1=CC(C(F)(F)F)=N[N+]2=CC(C(C)(C)C)=NC12. The van der Waals surface area contributed by atoms with Gasteiger partial charge in [0.2, 0.25) is 11.9 Å². The molecule has 0 amide bonds. The van der Waals surface area contributed by atoms with Crippen LogP contribution in [-0.4, -0.2) is 34.7 Å². The van der Waals surface area contributed by atoms with Crippen LogP contribution in [0, 0.1) is 5.41 Å². The summed E-state index contributed by atoms with van der Waals surface area (Å²) in [7, 11) is 0. The highest BCUT2D eigenvalue weighted by atomic mass is 19.4. The fourth-order valence-corrected chi connectivity index (χ4v) is 1.78. The van der Waals surface area contributed by atoms with E-state index in [4.69, 9.17) is 0 Å². The summed E-state index contributed by atoms with van der Waals surface area (Å²) >= 11 is 0. The molecule has 98 valence electrons. The van der Waals surface area contributed by atoms with Crippen molar-refractivity contribution in [2.24, 2.45) is 15.5 Å². The third kappa shape index (κ3) is 2.23. The molecule has 6 heteroatoms. The molecule has 0 N–H and O–H groups in total. The molecule has 0 aromatic heterocycles. The number of alkyl halides is 3. The standard InChI is InChI=1S/C12H15F3N3/c1-7-5-8(12(13,14)15)17-18-6-9(11(2,3)4)16-10(7)18/h5-6,10H,1-4H3/q+1. The Hall–Kier alpha value is -1.46. The summed E-state index contributed by atoms with van der Waals surface area (Å²) in [5.41, 5.74) is 0.226. The molecule has 0 saturated heterocycles. The number of allylic oxidation sites excluding steroid dienone is 1. The van der Waals surface area contributed by atoms with E-state index in [-0.39, 0.29) is 5.41 Å². The second kappa shape index (κ2) is 3.76. The van der Waals surface area contributed by atoms with Crippen LogP contribution in [0.1, 0.15) is 27.7 Å². The molecule has 0 aliphatic carbocycles. The van der Waals surface area contributed by atoms with E-state index in [1.807, 2.05) is 20.8 Å². The normalized spacial score (nSPS) is 24.1. The molecule has 0 aromatic carbocycles. The van der Waals surface area contributed by atoms with Crippen molar-refractivity contribution >= 4 is 17.6 Å². The Morgan fingerprint density at radius 3 is 2.28 bits per heavy atom. The minimum atomic E-state index is -4.43. The Labute approximate surface area is 103 Å². The van der Waals surface area contributed by atoms with Crippen LogP contribution in [0.5, 0.6) is 0 Å². The van der Waals surface area contributed by atoms with Crippen molar-refractivity contribution < 1.29 is 17.9 Å². The Balaban J connectivity index is 2.42. The van der Waals surface area contributed by atoms with Gasteiger partial charge in [0.25, 0.3) is 6.17 Å². The topological polar surface area (TPSA) is 27.7 Å². The van der Waals surface area contributed by atoms with Gasteiger partial charge in [0.05, 0.1) is 0 Å². The quantitative estimate of drug-likeness (QED) is 0.598. The van der Waals surface area contributed by atoms with Crippen molar-refractivity contribution in [1.82, 2.24) is 0 Å². The van der Waals surface area contributed by atoms with Crippen LogP contribution in [0.4, 0.5) is 13.2 Å². The number of aliphatic imine (C=N–C) groups is 1. The molecule has 0 fully saturated rings. The summed E-state index contributed by atoms with van der Waals surface area (Å²) in [6.45, 7) is 7.54. The smallest absolute Gasteiger partial charge is 0.209 e. The number of fused-ring (bicyclic) bond motifs is 1. The molecule has 0 radical (unpaired) electrons. The van der Waals surface area contributed by atoms with E-state index in [0.717, 1.165) is 11.8 Å². The summed E-state index contributed by atoms with van der Waals surface area (Å²) in [5, 5.41) is 3.61. The van der Waals surface area contributed by atoms with E-state index < -0.39 is 18.1 Å². The monoisotopic (exact) mass is 258 g/mol. The summed E-state index contributed by atoms with van der Waals surface area (Å²) in [5.74, 6) is 0. The van der Waals surface area contributed by atoms with Crippen molar-refractivity contribution in [2.45, 2.75) is 40.0 Å². The lowest BCUT2D eigenvalue weighted by Gasteiger charge is -2.14. The molecule has 1 unspecified atom stereocenters. The molecular weight excluding hydrogens is 243 g/mol. The molecule has 0 aromatic rings. The average molecular weight is 258 g/mol. The Morgan fingerprint density at radius 1 is 1.17 bits per heavy atom. The zero-order chi connectivity index (χ0) is 13.7. The van der Waals surface area contributed by atoms with Gasteiger partial charge in [-0.1, -0.05) is 25.5 Å². The Morgan fingerprint density at radius 2 is 1.78 bits per heavy atom. The molecule has 2 aliphatic heterocycles. The van der Waals surface area contributed by atoms with Gasteiger partial charge in [-0.2, -0.15) is 13.2 Å². The second-order valence-corrected chi connectivity index (χ2v) is 5.52. The first-order valence-electron chi connectivity index (χ1n) is 5.64. The summed E-state index contributed by atoms with van der Waals surface area (Å²) < 4.78 is 39.2.